The van der Waals surface area contributed by atoms with Crippen LogP contribution in [0, 0.1) is 5.92 Å². The molecule has 2 aliphatic heterocycles. The van der Waals surface area contributed by atoms with E-state index in [0.717, 1.165) is 35.0 Å². The first kappa shape index (κ1) is 22.8. The number of nitrogens with zero attached hydrogens (tertiary/aromatic N) is 2. The molecule has 0 unspecified atom stereocenters. The van der Waals surface area contributed by atoms with Gasteiger partial charge in [-0.05, 0) is 47.4 Å². The smallest absolute Gasteiger partial charge is 0.254 e. The minimum Gasteiger partial charge on any atom is -0.370 e. The van der Waals surface area contributed by atoms with Gasteiger partial charge in [0.25, 0.3) is 5.91 Å². The minimum atomic E-state index is -0.0401. The second-order valence-electron chi connectivity index (χ2n) is 9.08. The summed E-state index contributed by atoms with van der Waals surface area (Å²) >= 11 is 2.01. The van der Waals surface area contributed by atoms with Gasteiger partial charge in [-0.3, -0.25) is 9.59 Å². The minimum absolute atomic E-state index is 0.0401. The van der Waals surface area contributed by atoms with Gasteiger partial charge >= 0.3 is 0 Å². The van der Waals surface area contributed by atoms with Crippen molar-refractivity contribution >= 4 is 40.0 Å². The molecule has 0 spiro atoms. The van der Waals surface area contributed by atoms with E-state index in [2.05, 4.69) is 34.5 Å². The number of fused-ring (bicyclic) bond motifs is 1. The molecule has 2 saturated heterocycles. The first-order valence-corrected chi connectivity index (χ1v) is 13.3. The average Bonchev–Trinajstić information content (AvgIpc) is 2.92. The first-order valence-electron chi connectivity index (χ1n) is 12.2. The Kier molecular flexibility index (Phi) is 7.05. The molecule has 3 aromatic rings. The van der Waals surface area contributed by atoms with Crippen molar-refractivity contribution in [2.24, 2.45) is 5.92 Å². The van der Waals surface area contributed by atoms with Crippen LogP contribution in [0.1, 0.15) is 28.8 Å². The summed E-state index contributed by atoms with van der Waals surface area (Å²) in [5.74, 6) is 2.48. The van der Waals surface area contributed by atoms with Gasteiger partial charge in [0.2, 0.25) is 5.91 Å². The highest BCUT2D eigenvalue weighted by Gasteiger charge is 2.28. The lowest BCUT2D eigenvalue weighted by Crippen LogP contribution is -2.43. The van der Waals surface area contributed by atoms with Crippen LogP contribution >= 0.6 is 11.8 Å². The third kappa shape index (κ3) is 5.07. The van der Waals surface area contributed by atoms with E-state index in [4.69, 9.17) is 0 Å². The number of carbonyl (C=O) groups is 2. The molecule has 0 bridgehead atoms. The van der Waals surface area contributed by atoms with Crippen LogP contribution < -0.4 is 10.2 Å². The largest absolute Gasteiger partial charge is 0.370 e. The Morgan fingerprint density at radius 3 is 2.32 bits per heavy atom. The van der Waals surface area contributed by atoms with E-state index in [1.54, 1.807) is 0 Å². The molecule has 0 aliphatic carbocycles. The van der Waals surface area contributed by atoms with E-state index >= 15 is 0 Å². The fraction of sp³-hybridized carbons (Fsp3) is 0.357. The summed E-state index contributed by atoms with van der Waals surface area (Å²) in [5.41, 5.74) is 3.12. The maximum absolute atomic E-state index is 13.2. The topological polar surface area (TPSA) is 52.7 Å². The zero-order valence-electron chi connectivity index (χ0n) is 19.4. The second kappa shape index (κ2) is 10.5. The molecule has 2 fully saturated rings. The maximum atomic E-state index is 13.2. The molecule has 0 atom stereocenters. The van der Waals surface area contributed by atoms with Gasteiger partial charge < -0.3 is 15.1 Å². The quantitative estimate of drug-likeness (QED) is 0.590. The molecular weight excluding hydrogens is 442 g/mol. The number of likely N-dealkylation sites (tertiary alicyclic amines) is 1. The third-order valence-corrected chi connectivity index (χ3v) is 7.89. The van der Waals surface area contributed by atoms with Crippen molar-refractivity contribution in [3.63, 3.8) is 0 Å². The van der Waals surface area contributed by atoms with Gasteiger partial charge in [-0.2, -0.15) is 11.8 Å². The van der Waals surface area contributed by atoms with Gasteiger partial charge in [0.05, 0.1) is 0 Å². The summed E-state index contributed by atoms with van der Waals surface area (Å²) in [7, 11) is 0. The monoisotopic (exact) mass is 473 g/mol. The lowest BCUT2D eigenvalue weighted by Gasteiger charge is -2.31. The predicted molar refractivity (Wildman–Crippen MR) is 140 cm³/mol. The standard InChI is InChI=1S/C28H31N3O2S/c32-27(29-20-21-8-10-24(11-9-21)30-16-18-34-19-17-30)23-12-14-31(15-13-23)28(33)26-7-3-5-22-4-1-2-6-25(22)26/h1-11,23H,12-20H2,(H,29,32). The Hall–Kier alpha value is -2.99. The summed E-state index contributed by atoms with van der Waals surface area (Å²) in [6, 6.07) is 22.4. The number of hydrogen-bond donors (Lipinski definition) is 1. The van der Waals surface area contributed by atoms with Gasteiger partial charge in [0.1, 0.15) is 0 Å². The molecule has 34 heavy (non-hydrogen) atoms. The predicted octanol–water partition coefficient (Wildman–Crippen LogP) is 4.56. The molecule has 6 heteroatoms. The van der Waals surface area contributed by atoms with E-state index in [0.29, 0.717) is 32.5 Å². The SMILES string of the molecule is O=C(NCc1ccc(N2CCSCC2)cc1)C1CCN(C(=O)c2cccc3ccccc23)CC1. The van der Waals surface area contributed by atoms with E-state index in [-0.39, 0.29) is 17.7 Å². The van der Waals surface area contributed by atoms with Crippen LogP contribution in [0.25, 0.3) is 10.8 Å². The molecule has 2 heterocycles. The Balaban J connectivity index is 1.12. The zero-order valence-corrected chi connectivity index (χ0v) is 20.2. The van der Waals surface area contributed by atoms with Crippen LogP contribution in [0.15, 0.2) is 66.7 Å². The van der Waals surface area contributed by atoms with Crippen molar-refractivity contribution in [3.05, 3.63) is 77.9 Å². The Bertz CT molecular complexity index is 1140. The Labute approximate surface area is 205 Å². The molecule has 2 aliphatic rings. The highest BCUT2D eigenvalue weighted by Crippen LogP contribution is 2.24. The van der Waals surface area contributed by atoms with Crippen molar-refractivity contribution in [2.75, 3.05) is 42.6 Å². The van der Waals surface area contributed by atoms with Crippen molar-refractivity contribution in [3.8, 4) is 0 Å². The highest BCUT2D eigenvalue weighted by molar-refractivity contribution is 7.99. The number of piperidine rings is 1. The summed E-state index contributed by atoms with van der Waals surface area (Å²) in [6.07, 6.45) is 1.41. The van der Waals surface area contributed by atoms with Gasteiger partial charge in [0.15, 0.2) is 0 Å². The Morgan fingerprint density at radius 2 is 1.56 bits per heavy atom. The fourth-order valence-corrected chi connectivity index (χ4v) is 5.81. The van der Waals surface area contributed by atoms with E-state index < -0.39 is 0 Å². The molecule has 0 radical (unpaired) electrons. The zero-order chi connectivity index (χ0) is 23.3. The van der Waals surface area contributed by atoms with E-state index in [1.807, 2.05) is 59.1 Å². The number of rotatable bonds is 5. The Morgan fingerprint density at radius 1 is 0.853 bits per heavy atom. The van der Waals surface area contributed by atoms with Crippen LogP contribution in [0.3, 0.4) is 0 Å². The molecule has 1 N–H and O–H groups in total. The van der Waals surface area contributed by atoms with E-state index in [1.165, 1.54) is 17.2 Å². The summed E-state index contributed by atoms with van der Waals surface area (Å²) in [6.45, 7) is 3.97. The molecule has 3 aromatic carbocycles. The number of benzene rings is 3. The lowest BCUT2D eigenvalue weighted by molar-refractivity contribution is -0.126. The van der Waals surface area contributed by atoms with Crippen LogP contribution in [0.4, 0.5) is 5.69 Å². The normalized spacial score (nSPS) is 17.1. The number of hydrogen-bond acceptors (Lipinski definition) is 4. The average molecular weight is 474 g/mol. The third-order valence-electron chi connectivity index (χ3n) is 6.95. The van der Waals surface area contributed by atoms with Gasteiger partial charge in [-0.25, -0.2) is 0 Å². The molecule has 5 rings (SSSR count). The van der Waals surface area contributed by atoms with Crippen molar-refractivity contribution in [1.82, 2.24) is 10.2 Å². The second-order valence-corrected chi connectivity index (χ2v) is 10.3. The van der Waals surface area contributed by atoms with Crippen molar-refractivity contribution < 1.29 is 9.59 Å². The summed E-state index contributed by atoms with van der Waals surface area (Å²) in [5, 5.41) is 5.17. The van der Waals surface area contributed by atoms with Crippen molar-refractivity contribution in [1.29, 1.82) is 0 Å². The van der Waals surface area contributed by atoms with Crippen LogP contribution in [0.2, 0.25) is 0 Å². The van der Waals surface area contributed by atoms with Gasteiger partial charge in [-0.15, -0.1) is 0 Å². The van der Waals surface area contributed by atoms with Crippen LogP contribution in [-0.2, 0) is 11.3 Å². The molecule has 5 nitrogen and oxygen atoms in total. The number of thioether (sulfide) groups is 1. The highest BCUT2D eigenvalue weighted by atomic mass is 32.2. The maximum Gasteiger partial charge on any atom is 0.254 e. The number of nitrogens with one attached hydrogen (secondary N) is 1. The molecular formula is C28H31N3O2S. The first-order chi connectivity index (χ1) is 16.7. The van der Waals surface area contributed by atoms with E-state index in [9.17, 15) is 9.59 Å². The fourth-order valence-electron chi connectivity index (χ4n) is 4.91. The van der Waals surface area contributed by atoms with Crippen LogP contribution in [-0.4, -0.2) is 54.4 Å². The number of anilines is 1. The van der Waals surface area contributed by atoms with Gasteiger partial charge in [0, 0.05) is 61.4 Å². The number of carbonyl (C=O) groups excluding carboxylic acids is 2. The molecule has 2 amide bonds. The van der Waals surface area contributed by atoms with Crippen LogP contribution in [0.5, 0.6) is 0 Å². The van der Waals surface area contributed by atoms with Crippen molar-refractivity contribution in [2.45, 2.75) is 19.4 Å². The lowest BCUT2D eigenvalue weighted by atomic mass is 9.94. The molecule has 0 saturated carbocycles. The summed E-state index contributed by atoms with van der Waals surface area (Å²) in [4.78, 5) is 30.3. The summed E-state index contributed by atoms with van der Waals surface area (Å²) < 4.78 is 0. The number of amides is 2. The molecule has 0 aromatic heterocycles. The van der Waals surface area contributed by atoms with Gasteiger partial charge in [-0.1, -0.05) is 48.5 Å². The molecule has 176 valence electrons.